The van der Waals surface area contributed by atoms with Crippen LogP contribution in [0.3, 0.4) is 0 Å². The number of nitrogens with one attached hydrogen (secondary N) is 1. The molecule has 1 heterocycles. The van der Waals surface area contributed by atoms with Crippen molar-refractivity contribution in [3.8, 4) is 5.75 Å². The van der Waals surface area contributed by atoms with Crippen molar-refractivity contribution >= 4 is 28.3 Å². The largest absolute Gasteiger partial charge is 0.497 e. The van der Waals surface area contributed by atoms with Crippen LogP contribution in [-0.2, 0) is 6.54 Å². The van der Waals surface area contributed by atoms with Crippen molar-refractivity contribution in [3.05, 3.63) is 28.2 Å². The first-order valence-corrected chi connectivity index (χ1v) is 6.77. The predicted octanol–water partition coefficient (Wildman–Crippen LogP) is 2.67. The molecule has 0 bridgehead atoms. The monoisotopic (exact) mass is 334 g/mol. The molecule has 1 atom stereocenters. The van der Waals surface area contributed by atoms with Crippen molar-refractivity contribution < 1.29 is 4.74 Å². The van der Waals surface area contributed by atoms with Gasteiger partial charge < -0.3 is 10.1 Å². The second-order valence-corrected chi connectivity index (χ2v) is 5.34. The maximum atomic E-state index is 5.27. The van der Waals surface area contributed by atoms with E-state index in [0.717, 1.165) is 36.4 Å². The summed E-state index contributed by atoms with van der Waals surface area (Å²) in [4.78, 5) is 2.50. The fourth-order valence-electron chi connectivity index (χ4n) is 2.14. The van der Waals surface area contributed by atoms with Crippen LogP contribution < -0.4 is 10.1 Å². The van der Waals surface area contributed by atoms with E-state index in [1.807, 2.05) is 6.07 Å². The first-order valence-electron chi connectivity index (χ1n) is 5.98. The lowest BCUT2D eigenvalue weighted by Crippen LogP contribution is -2.49. The van der Waals surface area contributed by atoms with Gasteiger partial charge in [0.15, 0.2) is 0 Å². The highest BCUT2D eigenvalue weighted by atomic mass is 79.9. The maximum absolute atomic E-state index is 5.27. The molecule has 0 aromatic heterocycles. The number of ether oxygens (including phenoxy) is 1. The Balaban J connectivity index is 0.00000162. The number of rotatable bonds is 3. The van der Waals surface area contributed by atoms with Crippen LogP contribution >= 0.6 is 28.3 Å². The third-order valence-electron chi connectivity index (χ3n) is 3.27. The number of benzene rings is 1. The Morgan fingerprint density at radius 2 is 2.28 bits per heavy atom. The SMILES string of the molecule is COc1ccc(Br)c(CN2CCNC[C@@H]2C)c1.Cl. The first kappa shape index (κ1) is 15.8. The lowest BCUT2D eigenvalue weighted by Gasteiger charge is -2.34. The van der Waals surface area contributed by atoms with Gasteiger partial charge in [0.2, 0.25) is 0 Å². The Hall–Kier alpha value is -0.290. The molecule has 18 heavy (non-hydrogen) atoms. The Morgan fingerprint density at radius 1 is 1.50 bits per heavy atom. The van der Waals surface area contributed by atoms with Gasteiger partial charge in [0.25, 0.3) is 0 Å². The number of nitrogens with zero attached hydrogens (tertiary/aromatic N) is 1. The van der Waals surface area contributed by atoms with E-state index in [4.69, 9.17) is 4.74 Å². The molecule has 0 aliphatic carbocycles. The van der Waals surface area contributed by atoms with Crippen LogP contribution in [0.5, 0.6) is 5.75 Å². The number of methoxy groups -OCH3 is 1. The summed E-state index contributed by atoms with van der Waals surface area (Å²) in [7, 11) is 1.71. The van der Waals surface area contributed by atoms with Crippen molar-refractivity contribution in [2.75, 3.05) is 26.7 Å². The topological polar surface area (TPSA) is 24.5 Å². The molecule has 0 unspecified atom stereocenters. The second kappa shape index (κ2) is 7.34. The fourth-order valence-corrected chi connectivity index (χ4v) is 2.51. The molecule has 1 N–H and O–H groups in total. The number of hydrogen-bond acceptors (Lipinski definition) is 3. The molecule has 0 radical (unpaired) electrons. The molecule has 1 aromatic rings. The normalized spacial score (nSPS) is 20.3. The Labute approximate surface area is 123 Å². The molecular formula is C13H20BrClN2O. The van der Waals surface area contributed by atoms with Crippen LogP contribution in [-0.4, -0.2) is 37.7 Å². The van der Waals surface area contributed by atoms with Crippen molar-refractivity contribution in [3.63, 3.8) is 0 Å². The van der Waals surface area contributed by atoms with Crippen molar-refractivity contribution in [1.29, 1.82) is 0 Å². The lowest BCUT2D eigenvalue weighted by atomic mass is 10.1. The summed E-state index contributed by atoms with van der Waals surface area (Å²) in [5, 5.41) is 3.41. The first-order chi connectivity index (χ1) is 8.20. The quantitative estimate of drug-likeness (QED) is 0.919. The van der Waals surface area contributed by atoms with Crippen molar-refractivity contribution in [2.24, 2.45) is 0 Å². The van der Waals surface area contributed by atoms with Gasteiger partial charge in [-0.3, -0.25) is 4.90 Å². The van der Waals surface area contributed by atoms with Gasteiger partial charge in [0, 0.05) is 36.7 Å². The third-order valence-corrected chi connectivity index (χ3v) is 4.04. The van der Waals surface area contributed by atoms with Gasteiger partial charge >= 0.3 is 0 Å². The summed E-state index contributed by atoms with van der Waals surface area (Å²) in [6.07, 6.45) is 0. The van der Waals surface area contributed by atoms with Gasteiger partial charge in [-0.1, -0.05) is 15.9 Å². The molecule has 1 aliphatic rings. The van der Waals surface area contributed by atoms with Crippen LogP contribution in [0.25, 0.3) is 0 Å². The minimum absolute atomic E-state index is 0. The Bertz CT molecular complexity index is 389. The number of hydrogen-bond donors (Lipinski definition) is 1. The molecule has 0 spiro atoms. The van der Waals surface area contributed by atoms with E-state index in [-0.39, 0.29) is 12.4 Å². The molecule has 0 amide bonds. The van der Waals surface area contributed by atoms with E-state index in [1.54, 1.807) is 7.11 Å². The molecule has 1 aliphatic heterocycles. The molecule has 1 saturated heterocycles. The molecule has 5 heteroatoms. The highest BCUT2D eigenvalue weighted by molar-refractivity contribution is 9.10. The minimum Gasteiger partial charge on any atom is -0.497 e. The Kier molecular flexibility index (Phi) is 6.43. The zero-order valence-electron chi connectivity index (χ0n) is 10.8. The summed E-state index contributed by atoms with van der Waals surface area (Å²) < 4.78 is 6.43. The average Bonchev–Trinajstić information content (AvgIpc) is 2.35. The van der Waals surface area contributed by atoms with Gasteiger partial charge in [0.05, 0.1) is 7.11 Å². The van der Waals surface area contributed by atoms with Crippen LogP contribution in [0, 0.1) is 0 Å². The van der Waals surface area contributed by atoms with E-state index in [9.17, 15) is 0 Å². The highest BCUT2D eigenvalue weighted by Crippen LogP contribution is 2.24. The molecule has 1 fully saturated rings. The van der Waals surface area contributed by atoms with Crippen molar-refractivity contribution in [1.82, 2.24) is 10.2 Å². The van der Waals surface area contributed by atoms with Gasteiger partial charge in [-0.15, -0.1) is 12.4 Å². The summed E-state index contributed by atoms with van der Waals surface area (Å²) in [6, 6.07) is 6.73. The molecular weight excluding hydrogens is 316 g/mol. The lowest BCUT2D eigenvalue weighted by molar-refractivity contribution is 0.165. The summed E-state index contributed by atoms with van der Waals surface area (Å²) >= 11 is 3.61. The van der Waals surface area contributed by atoms with E-state index in [1.165, 1.54) is 5.56 Å². The fraction of sp³-hybridized carbons (Fsp3) is 0.538. The van der Waals surface area contributed by atoms with Gasteiger partial charge in [-0.25, -0.2) is 0 Å². The van der Waals surface area contributed by atoms with Gasteiger partial charge in [0.1, 0.15) is 5.75 Å². The molecule has 102 valence electrons. The van der Waals surface area contributed by atoms with E-state index < -0.39 is 0 Å². The highest BCUT2D eigenvalue weighted by Gasteiger charge is 2.18. The van der Waals surface area contributed by atoms with Crippen LogP contribution in [0.2, 0.25) is 0 Å². The molecule has 3 nitrogen and oxygen atoms in total. The van der Waals surface area contributed by atoms with Crippen LogP contribution in [0.4, 0.5) is 0 Å². The third kappa shape index (κ3) is 3.85. The zero-order valence-corrected chi connectivity index (χ0v) is 13.2. The maximum Gasteiger partial charge on any atom is 0.119 e. The van der Waals surface area contributed by atoms with Crippen molar-refractivity contribution in [2.45, 2.75) is 19.5 Å². The van der Waals surface area contributed by atoms with Gasteiger partial charge in [-0.2, -0.15) is 0 Å². The second-order valence-electron chi connectivity index (χ2n) is 4.48. The average molecular weight is 336 g/mol. The summed E-state index contributed by atoms with van der Waals surface area (Å²) in [5.41, 5.74) is 1.29. The van der Waals surface area contributed by atoms with Crippen LogP contribution in [0.15, 0.2) is 22.7 Å². The van der Waals surface area contributed by atoms with Gasteiger partial charge in [-0.05, 0) is 30.7 Å². The van der Waals surface area contributed by atoms with E-state index in [2.05, 4.69) is 45.2 Å². The zero-order chi connectivity index (χ0) is 12.3. The summed E-state index contributed by atoms with van der Waals surface area (Å²) in [6.45, 7) is 6.49. The molecule has 1 aromatic carbocycles. The number of piperazine rings is 1. The summed E-state index contributed by atoms with van der Waals surface area (Å²) in [5.74, 6) is 0.922. The standard InChI is InChI=1S/C13H19BrN2O.ClH/c1-10-8-15-5-6-16(10)9-11-7-12(17-2)3-4-13(11)14;/h3-4,7,10,15H,5-6,8-9H2,1-2H3;1H/t10-;/m0./s1. The Morgan fingerprint density at radius 3 is 2.94 bits per heavy atom. The smallest absolute Gasteiger partial charge is 0.119 e. The van der Waals surface area contributed by atoms with E-state index in [0.29, 0.717) is 6.04 Å². The van der Waals surface area contributed by atoms with E-state index >= 15 is 0 Å². The number of halogens is 2. The molecule has 0 saturated carbocycles. The molecule has 2 rings (SSSR count). The minimum atomic E-state index is 0. The van der Waals surface area contributed by atoms with Crippen LogP contribution in [0.1, 0.15) is 12.5 Å². The predicted molar refractivity (Wildman–Crippen MR) is 80.7 cm³/mol.